The Bertz CT molecular complexity index is 1210. The molecule has 0 amide bonds. The quantitative estimate of drug-likeness (QED) is 0.506. The lowest BCUT2D eigenvalue weighted by molar-refractivity contribution is 0.112. The fourth-order valence-corrected chi connectivity index (χ4v) is 4.04. The van der Waals surface area contributed by atoms with Gasteiger partial charge in [0.2, 0.25) is 0 Å². The van der Waals surface area contributed by atoms with E-state index >= 15 is 0 Å². The number of carbonyl (C=O) groups excluding carboxylic acids is 1. The minimum atomic E-state index is -0.0482. The van der Waals surface area contributed by atoms with Crippen LogP contribution in [0.15, 0.2) is 43.0 Å². The maximum Gasteiger partial charge on any atom is 0.162 e. The van der Waals surface area contributed by atoms with Crippen molar-refractivity contribution in [3.8, 4) is 11.5 Å². The SMILES string of the molecule is O=Cc1c(O)ccc2cccc(OC[C@H]3CCCN3c3ncnc4[nH]cnc34)c12. The van der Waals surface area contributed by atoms with Crippen LogP contribution in [0.2, 0.25) is 0 Å². The number of imidazole rings is 1. The predicted octanol–water partition coefficient (Wildman–Crippen LogP) is 3.07. The number of hydrogen-bond acceptors (Lipinski definition) is 7. The smallest absolute Gasteiger partial charge is 0.162 e. The zero-order chi connectivity index (χ0) is 19.8. The normalized spacial score (nSPS) is 16.6. The number of phenols is 1. The summed E-state index contributed by atoms with van der Waals surface area (Å²) >= 11 is 0. The van der Waals surface area contributed by atoms with E-state index in [9.17, 15) is 9.90 Å². The summed E-state index contributed by atoms with van der Waals surface area (Å²) in [7, 11) is 0. The molecule has 2 aromatic heterocycles. The van der Waals surface area contributed by atoms with Gasteiger partial charge in [-0.15, -0.1) is 0 Å². The van der Waals surface area contributed by atoms with Gasteiger partial charge in [-0.25, -0.2) is 15.0 Å². The number of carbonyl (C=O) groups is 1. The molecule has 1 aliphatic heterocycles. The monoisotopic (exact) mass is 389 g/mol. The van der Waals surface area contributed by atoms with Crippen molar-refractivity contribution in [3.05, 3.63) is 48.5 Å². The maximum atomic E-state index is 11.5. The summed E-state index contributed by atoms with van der Waals surface area (Å²) in [6.07, 6.45) is 5.82. The lowest BCUT2D eigenvalue weighted by Gasteiger charge is -2.26. The van der Waals surface area contributed by atoms with E-state index in [0.717, 1.165) is 36.1 Å². The number of hydrogen-bond donors (Lipinski definition) is 2. The Kier molecular flexibility index (Phi) is 4.23. The highest BCUT2D eigenvalue weighted by Gasteiger charge is 2.28. The van der Waals surface area contributed by atoms with E-state index in [1.165, 1.54) is 12.4 Å². The Balaban J connectivity index is 1.45. The molecule has 0 spiro atoms. The number of aromatic hydroxyl groups is 1. The van der Waals surface area contributed by atoms with Gasteiger partial charge in [0.05, 0.1) is 17.9 Å². The third-order valence-electron chi connectivity index (χ3n) is 5.42. The van der Waals surface area contributed by atoms with Gasteiger partial charge in [-0.1, -0.05) is 18.2 Å². The Hall–Kier alpha value is -3.68. The average molecular weight is 389 g/mol. The molecule has 3 heterocycles. The van der Waals surface area contributed by atoms with E-state index in [1.54, 1.807) is 12.4 Å². The van der Waals surface area contributed by atoms with Crippen molar-refractivity contribution >= 4 is 34.0 Å². The lowest BCUT2D eigenvalue weighted by atomic mass is 10.0. The highest BCUT2D eigenvalue weighted by molar-refractivity contribution is 6.04. The second-order valence-corrected chi connectivity index (χ2v) is 7.07. The number of aromatic amines is 1. The van der Waals surface area contributed by atoms with Gasteiger partial charge in [-0.2, -0.15) is 0 Å². The van der Waals surface area contributed by atoms with E-state index in [0.29, 0.717) is 29.7 Å². The van der Waals surface area contributed by atoms with Gasteiger partial charge in [0.25, 0.3) is 0 Å². The van der Waals surface area contributed by atoms with Crippen molar-refractivity contribution in [1.29, 1.82) is 0 Å². The topological polar surface area (TPSA) is 104 Å². The Labute approximate surface area is 166 Å². The maximum absolute atomic E-state index is 11.5. The molecule has 1 atom stereocenters. The van der Waals surface area contributed by atoms with Crippen LogP contribution >= 0.6 is 0 Å². The first-order valence-electron chi connectivity index (χ1n) is 9.49. The summed E-state index contributed by atoms with van der Waals surface area (Å²) in [5.74, 6) is 1.33. The van der Waals surface area contributed by atoms with Crippen LogP contribution in [0.3, 0.4) is 0 Å². The molecule has 8 nitrogen and oxygen atoms in total. The number of rotatable bonds is 5. The van der Waals surface area contributed by atoms with Crippen LogP contribution in [0.25, 0.3) is 21.9 Å². The predicted molar refractivity (Wildman–Crippen MR) is 109 cm³/mol. The molecule has 0 radical (unpaired) electrons. The average Bonchev–Trinajstić information content (AvgIpc) is 3.41. The molecule has 1 fully saturated rings. The molecule has 8 heteroatoms. The van der Waals surface area contributed by atoms with Gasteiger partial charge in [0, 0.05) is 11.9 Å². The lowest BCUT2D eigenvalue weighted by Crippen LogP contribution is -2.35. The summed E-state index contributed by atoms with van der Waals surface area (Å²) in [4.78, 5) is 29.8. The van der Waals surface area contributed by atoms with Crippen molar-refractivity contribution in [2.75, 3.05) is 18.1 Å². The second kappa shape index (κ2) is 7.05. The molecule has 146 valence electrons. The molecule has 0 saturated carbocycles. The number of fused-ring (bicyclic) bond motifs is 2. The van der Waals surface area contributed by atoms with Crippen LogP contribution in [-0.4, -0.2) is 50.5 Å². The van der Waals surface area contributed by atoms with Crippen LogP contribution in [0.5, 0.6) is 11.5 Å². The van der Waals surface area contributed by atoms with Gasteiger partial charge in [-0.3, -0.25) is 4.79 Å². The van der Waals surface area contributed by atoms with Crippen molar-refractivity contribution in [3.63, 3.8) is 0 Å². The van der Waals surface area contributed by atoms with Crippen LogP contribution in [-0.2, 0) is 0 Å². The molecular formula is C21H19N5O3. The Morgan fingerprint density at radius 2 is 2.17 bits per heavy atom. The number of H-pyrrole nitrogens is 1. The standard InChI is InChI=1S/C21H19N5O3/c27-9-15-16(28)7-6-13-3-1-5-17(18(13)15)29-10-14-4-2-8-26(14)21-19-20(23-11-22-19)24-12-25-21/h1,3,5-7,9,11-12,14,28H,2,4,8,10H2,(H,22,23,24,25)/t14-/m1/s1. The molecule has 0 bridgehead atoms. The molecule has 5 rings (SSSR count). The summed E-state index contributed by atoms with van der Waals surface area (Å²) in [6.45, 7) is 1.30. The molecule has 2 aromatic carbocycles. The molecule has 4 aromatic rings. The first kappa shape index (κ1) is 17.4. The number of nitrogens with zero attached hydrogens (tertiary/aromatic N) is 4. The highest BCUT2D eigenvalue weighted by Crippen LogP contribution is 2.34. The number of nitrogens with one attached hydrogen (secondary N) is 1. The third-order valence-corrected chi connectivity index (χ3v) is 5.42. The minimum absolute atomic E-state index is 0.0482. The van der Waals surface area contributed by atoms with E-state index in [4.69, 9.17) is 4.74 Å². The molecule has 0 aliphatic carbocycles. The second-order valence-electron chi connectivity index (χ2n) is 7.07. The summed E-state index contributed by atoms with van der Waals surface area (Å²) < 4.78 is 6.16. The zero-order valence-corrected chi connectivity index (χ0v) is 15.6. The fraction of sp³-hybridized carbons (Fsp3) is 0.238. The van der Waals surface area contributed by atoms with Crippen molar-refractivity contribution < 1.29 is 14.6 Å². The summed E-state index contributed by atoms with van der Waals surface area (Å²) in [5.41, 5.74) is 1.70. The van der Waals surface area contributed by atoms with Gasteiger partial charge in [-0.05, 0) is 30.4 Å². The van der Waals surface area contributed by atoms with Crippen LogP contribution in [0.4, 0.5) is 5.82 Å². The molecule has 1 saturated heterocycles. The number of aldehydes is 1. The molecule has 0 unspecified atom stereocenters. The molecule has 2 N–H and O–H groups in total. The summed E-state index contributed by atoms with van der Waals surface area (Å²) in [6, 6.07) is 9.03. The molecule has 1 aliphatic rings. The number of anilines is 1. The van der Waals surface area contributed by atoms with E-state index in [2.05, 4.69) is 24.8 Å². The number of ether oxygens (including phenoxy) is 1. The zero-order valence-electron chi connectivity index (χ0n) is 15.6. The van der Waals surface area contributed by atoms with Gasteiger partial charge in [0.1, 0.15) is 29.9 Å². The Morgan fingerprint density at radius 1 is 1.24 bits per heavy atom. The van der Waals surface area contributed by atoms with Gasteiger partial charge < -0.3 is 19.7 Å². The first-order valence-corrected chi connectivity index (χ1v) is 9.49. The largest absolute Gasteiger partial charge is 0.507 e. The minimum Gasteiger partial charge on any atom is -0.507 e. The first-order chi connectivity index (χ1) is 14.3. The van der Waals surface area contributed by atoms with Gasteiger partial charge >= 0.3 is 0 Å². The summed E-state index contributed by atoms with van der Waals surface area (Å²) in [5, 5.41) is 11.5. The van der Waals surface area contributed by atoms with Crippen LogP contribution < -0.4 is 9.64 Å². The van der Waals surface area contributed by atoms with E-state index in [-0.39, 0.29) is 17.4 Å². The van der Waals surface area contributed by atoms with Gasteiger partial charge in [0.15, 0.2) is 17.8 Å². The van der Waals surface area contributed by atoms with Crippen molar-refractivity contribution in [1.82, 2.24) is 19.9 Å². The van der Waals surface area contributed by atoms with Crippen molar-refractivity contribution in [2.24, 2.45) is 0 Å². The molecule has 29 heavy (non-hydrogen) atoms. The van der Waals surface area contributed by atoms with Crippen molar-refractivity contribution in [2.45, 2.75) is 18.9 Å². The third kappa shape index (κ3) is 2.93. The number of benzene rings is 2. The fourth-order valence-electron chi connectivity index (χ4n) is 4.04. The molecular weight excluding hydrogens is 370 g/mol. The highest BCUT2D eigenvalue weighted by atomic mass is 16.5. The number of phenolic OH excluding ortho intramolecular Hbond substituents is 1. The van der Waals surface area contributed by atoms with Crippen LogP contribution in [0, 0.1) is 0 Å². The van der Waals surface area contributed by atoms with E-state index in [1.807, 2.05) is 18.2 Å². The van der Waals surface area contributed by atoms with E-state index < -0.39 is 0 Å². The Morgan fingerprint density at radius 3 is 3.07 bits per heavy atom. The van der Waals surface area contributed by atoms with Crippen LogP contribution in [0.1, 0.15) is 23.2 Å². The number of aromatic nitrogens is 4.